The van der Waals surface area contributed by atoms with Gasteiger partial charge in [0.05, 0.1) is 5.56 Å². The number of carboxylic acids is 1. The number of hydrogen-bond donors (Lipinski definition) is 1. The molecule has 180 valence electrons. The molecule has 1 atom stereocenters. The van der Waals surface area contributed by atoms with E-state index in [9.17, 15) is 19.1 Å². The van der Waals surface area contributed by atoms with Gasteiger partial charge in [0.1, 0.15) is 18.2 Å². The average Bonchev–Trinajstić information content (AvgIpc) is 3.49. The molecule has 0 heterocycles. The van der Waals surface area contributed by atoms with Gasteiger partial charge in [0.25, 0.3) is 0 Å². The van der Waals surface area contributed by atoms with Gasteiger partial charge in [0.2, 0.25) is 0 Å². The highest BCUT2D eigenvalue weighted by Crippen LogP contribution is 2.43. The molecule has 3 aromatic rings. The van der Waals surface area contributed by atoms with E-state index in [1.165, 1.54) is 25.0 Å². The van der Waals surface area contributed by atoms with Crippen LogP contribution < -0.4 is 4.74 Å². The fourth-order valence-electron chi connectivity index (χ4n) is 5.73. The van der Waals surface area contributed by atoms with Gasteiger partial charge in [-0.05, 0) is 96.7 Å². The van der Waals surface area contributed by atoms with E-state index in [0.29, 0.717) is 23.9 Å². The molecule has 0 aromatic heterocycles. The first kappa shape index (κ1) is 23.3. The van der Waals surface area contributed by atoms with Crippen LogP contribution in [0.5, 0.6) is 5.75 Å². The number of carbonyl (C=O) groups excluding carboxylic acids is 1. The molecule has 5 heteroatoms. The fraction of sp³-hybridized carbons (Fsp3) is 0.333. The first-order chi connectivity index (χ1) is 16.8. The molecule has 0 spiro atoms. The van der Waals surface area contributed by atoms with Crippen molar-refractivity contribution in [1.82, 2.24) is 0 Å². The minimum atomic E-state index is -1.29. The van der Waals surface area contributed by atoms with Gasteiger partial charge in [-0.25, -0.2) is 9.18 Å². The zero-order valence-corrected chi connectivity index (χ0v) is 20.1. The van der Waals surface area contributed by atoms with Crippen molar-refractivity contribution < 1.29 is 23.8 Å². The lowest BCUT2D eigenvalue weighted by atomic mass is 9.87. The number of ether oxygens (including phenoxy) is 1. The number of ketones is 1. The van der Waals surface area contributed by atoms with E-state index in [1.54, 1.807) is 6.07 Å². The molecule has 0 aliphatic heterocycles. The third kappa shape index (κ3) is 4.36. The molecular formula is C30H29FO4. The van der Waals surface area contributed by atoms with Crippen LogP contribution in [-0.4, -0.2) is 16.9 Å². The van der Waals surface area contributed by atoms with Gasteiger partial charge in [-0.2, -0.15) is 0 Å². The van der Waals surface area contributed by atoms with Crippen molar-refractivity contribution in [3.8, 4) is 16.9 Å². The second-order valence-electron chi connectivity index (χ2n) is 9.87. The summed E-state index contributed by atoms with van der Waals surface area (Å²) < 4.78 is 20.0. The van der Waals surface area contributed by atoms with Crippen LogP contribution in [0.4, 0.5) is 4.39 Å². The number of fused-ring (bicyclic) bond motifs is 1. The summed E-state index contributed by atoms with van der Waals surface area (Å²) >= 11 is 0. The lowest BCUT2D eigenvalue weighted by Gasteiger charge is -2.16. The number of benzene rings is 3. The predicted octanol–water partition coefficient (Wildman–Crippen LogP) is 6.93. The number of hydrogen-bond acceptors (Lipinski definition) is 3. The summed E-state index contributed by atoms with van der Waals surface area (Å²) in [4.78, 5) is 24.5. The smallest absolute Gasteiger partial charge is 0.338 e. The third-order valence-corrected chi connectivity index (χ3v) is 7.78. The summed E-state index contributed by atoms with van der Waals surface area (Å²) in [5.74, 6) is -0.316. The van der Waals surface area contributed by atoms with Crippen LogP contribution in [0.1, 0.15) is 68.7 Å². The monoisotopic (exact) mass is 472 g/mol. The molecule has 0 bridgehead atoms. The maximum absolute atomic E-state index is 13.8. The summed E-state index contributed by atoms with van der Waals surface area (Å²) in [6.07, 6.45) is 5.58. The Labute approximate surface area is 204 Å². The zero-order valence-electron chi connectivity index (χ0n) is 20.1. The van der Waals surface area contributed by atoms with Crippen LogP contribution in [-0.2, 0) is 13.0 Å². The van der Waals surface area contributed by atoms with E-state index in [0.717, 1.165) is 58.4 Å². The molecule has 1 N–H and O–H groups in total. The number of rotatable bonds is 6. The molecule has 1 saturated carbocycles. The van der Waals surface area contributed by atoms with Crippen molar-refractivity contribution in [3.63, 3.8) is 0 Å². The second kappa shape index (κ2) is 9.29. The standard InChI is InChI=1S/C30H29FO4/c1-17-18(2)28-23(14-24(29(28)32)20-7-3-4-8-20)15-27(17)35-16-19-6-5-9-21(12-19)22-10-11-26(31)25(13-22)30(33)34/h5-6,9-13,15,20,24H,3-4,7-8,14,16H2,1-2H3,(H,33,34). The number of aromatic carboxylic acids is 1. The summed E-state index contributed by atoms with van der Waals surface area (Å²) in [6, 6.07) is 13.8. The van der Waals surface area contributed by atoms with Crippen LogP contribution in [0, 0.1) is 31.5 Å². The molecule has 0 radical (unpaired) electrons. The topological polar surface area (TPSA) is 63.6 Å². The van der Waals surface area contributed by atoms with Gasteiger partial charge in [0.15, 0.2) is 5.78 Å². The van der Waals surface area contributed by atoms with Gasteiger partial charge in [-0.1, -0.05) is 37.1 Å². The molecule has 35 heavy (non-hydrogen) atoms. The maximum Gasteiger partial charge on any atom is 0.338 e. The summed E-state index contributed by atoms with van der Waals surface area (Å²) in [6.45, 7) is 4.36. The average molecular weight is 473 g/mol. The number of carbonyl (C=O) groups is 2. The SMILES string of the molecule is Cc1c(OCc2cccc(-c3ccc(F)c(C(=O)O)c3)c2)cc2c(c1C)C(=O)C(C1CCCC1)C2. The van der Waals surface area contributed by atoms with Crippen molar-refractivity contribution in [2.24, 2.45) is 11.8 Å². The first-order valence-electron chi connectivity index (χ1n) is 12.3. The van der Waals surface area contributed by atoms with Crippen molar-refractivity contribution >= 4 is 11.8 Å². The third-order valence-electron chi connectivity index (χ3n) is 7.78. The lowest BCUT2D eigenvalue weighted by Crippen LogP contribution is -2.18. The maximum atomic E-state index is 13.8. The molecule has 4 nitrogen and oxygen atoms in total. The number of carboxylic acid groups (broad SMARTS) is 1. The highest BCUT2D eigenvalue weighted by atomic mass is 19.1. The summed E-state index contributed by atoms with van der Waals surface area (Å²) in [5, 5.41) is 9.23. The van der Waals surface area contributed by atoms with Gasteiger partial charge < -0.3 is 9.84 Å². The molecule has 5 rings (SSSR count). The van der Waals surface area contributed by atoms with E-state index in [-0.39, 0.29) is 11.5 Å². The summed E-state index contributed by atoms with van der Waals surface area (Å²) in [7, 11) is 0. The minimum Gasteiger partial charge on any atom is -0.489 e. The Kier molecular flexibility index (Phi) is 6.18. The normalized spacial score (nSPS) is 17.6. The Morgan fingerprint density at radius 3 is 2.51 bits per heavy atom. The van der Waals surface area contributed by atoms with E-state index >= 15 is 0 Å². The summed E-state index contributed by atoms with van der Waals surface area (Å²) in [5.41, 5.74) is 6.01. The Hall–Kier alpha value is -3.47. The quantitative estimate of drug-likeness (QED) is 0.422. The van der Waals surface area contributed by atoms with Crippen LogP contribution in [0.2, 0.25) is 0 Å². The molecule has 0 amide bonds. The number of halogens is 1. The van der Waals surface area contributed by atoms with E-state index in [1.807, 2.05) is 44.2 Å². The Morgan fingerprint density at radius 1 is 1.03 bits per heavy atom. The van der Waals surface area contributed by atoms with Crippen molar-refractivity contribution in [3.05, 3.63) is 87.7 Å². The zero-order chi connectivity index (χ0) is 24.7. The molecule has 3 aromatic carbocycles. The van der Waals surface area contributed by atoms with Crippen LogP contribution in [0.25, 0.3) is 11.1 Å². The fourth-order valence-corrected chi connectivity index (χ4v) is 5.73. The second-order valence-corrected chi connectivity index (χ2v) is 9.87. The number of Topliss-reactive ketones (excluding diaryl/α,β-unsaturated/α-hetero) is 1. The molecule has 1 unspecified atom stereocenters. The van der Waals surface area contributed by atoms with Crippen molar-refractivity contribution in [2.75, 3.05) is 0 Å². The van der Waals surface area contributed by atoms with Crippen LogP contribution in [0.3, 0.4) is 0 Å². The van der Waals surface area contributed by atoms with Gasteiger partial charge in [-0.3, -0.25) is 4.79 Å². The largest absolute Gasteiger partial charge is 0.489 e. The van der Waals surface area contributed by atoms with E-state index in [2.05, 4.69) is 0 Å². The lowest BCUT2D eigenvalue weighted by molar-refractivity contribution is 0.0691. The Balaban J connectivity index is 1.36. The van der Waals surface area contributed by atoms with Crippen molar-refractivity contribution in [2.45, 2.75) is 52.6 Å². The van der Waals surface area contributed by atoms with Gasteiger partial charge in [-0.15, -0.1) is 0 Å². The minimum absolute atomic E-state index is 0.115. The Morgan fingerprint density at radius 2 is 1.77 bits per heavy atom. The highest BCUT2D eigenvalue weighted by Gasteiger charge is 2.39. The van der Waals surface area contributed by atoms with Crippen LogP contribution >= 0.6 is 0 Å². The first-order valence-corrected chi connectivity index (χ1v) is 12.3. The molecular weight excluding hydrogens is 443 g/mol. The van der Waals surface area contributed by atoms with Gasteiger partial charge in [0, 0.05) is 11.5 Å². The molecule has 2 aliphatic carbocycles. The highest BCUT2D eigenvalue weighted by molar-refractivity contribution is 6.04. The molecule has 2 aliphatic rings. The van der Waals surface area contributed by atoms with Crippen molar-refractivity contribution in [1.29, 1.82) is 0 Å². The van der Waals surface area contributed by atoms with Crippen LogP contribution in [0.15, 0.2) is 48.5 Å². The van der Waals surface area contributed by atoms with E-state index in [4.69, 9.17) is 4.74 Å². The van der Waals surface area contributed by atoms with Gasteiger partial charge >= 0.3 is 5.97 Å². The molecule has 1 fully saturated rings. The predicted molar refractivity (Wildman–Crippen MR) is 133 cm³/mol. The van der Waals surface area contributed by atoms with E-state index < -0.39 is 11.8 Å². The Bertz CT molecular complexity index is 1320. The molecule has 0 saturated heterocycles.